The van der Waals surface area contributed by atoms with Crippen LogP contribution in [0.4, 0.5) is 0 Å². The van der Waals surface area contributed by atoms with Gasteiger partial charge in [-0.3, -0.25) is 0 Å². The fourth-order valence-corrected chi connectivity index (χ4v) is 2.52. The van der Waals surface area contributed by atoms with Crippen molar-refractivity contribution in [2.45, 2.75) is 13.8 Å². The van der Waals surface area contributed by atoms with Gasteiger partial charge in [0.05, 0.1) is 0 Å². The van der Waals surface area contributed by atoms with Crippen molar-refractivity contribution in [2.24, 2.45) is 0 Å². The van der Waals surface area contributed by atoms with Crippen LogP contribution >= 0.6 is 0 Å². The molecule has 0 saturated carbocycles. The molecule has 3 rings (SSSR count). The maximum Gasteiger partial charge on any atom is -0.00299 e. The highest BCUT2D eigenvalue weighted by atomic mass is 14.2. The Balaban J connectivity index is 2.27. The molecule has 0 N–H and O–H groups in total. The molecule has 0 spiro atoms. The second-order valence-electron chi connectivity index (χ2n) is 5.08. The highest BCUT2D eigenvalue weighted by molar-refractivity contribution is 5.86. The van der Waals surface area contributed by atoms with Crippen molar-refractivity contribution in [1.29, 1.82) is 0 Å². The average molecular weight is 257 g/mol. The van der Waals surface area contributed by atoms with Crippen LogP contribution in [0, 0.1) is 6.08 Å². The van der Waals surface area contributed by atoms with Gasteiger partial charge in [-0.05, 0) is 53.3 Å². The standard InChI is InChI=1S/C20H17/c1-15-13-14-19(16(15)2)20(17-9-5-3-6-10-17)18-11-7-4-8-12-18/h3-13H,1-2H3. The van der Waals surface area contributed by atoms with E-state index in [9.17, 15) is 0 Å². The van der Waals surface area contributed by atoms with Crippen LogP contribution in [0.5, 0.6) is 0 Å². The van der Waals surface area contributed by atoms with Crippen LogP contribution in [-0.2, 0) is 0 Å². The van der Waals surface area contributed by atoms with E-state index < -0.39 is 0 Å². The van der Waals surface area contributed by atoms with E-state index in [-0.39, 0.29) is 0 Å². The van der Waals surface area contributed by atoms with Gasteiger partial charge in [0.15, 0.2) is 0 Å². The SMILES string of the molecule is CC1=C(C)C(=C(c2ccccc2)c2ccccc2)[C]=C1. The van der Waals surface area contributed by atoms with Gasteiger partial charge in [0.1, 0.15) is 0 Å². The van der Waals surface area contributed by atoms with E-state index in [1.807, 2.05) is 0 Å². The zero-order valence-corrected chi connectivity index (χ0v) is 11.9. The van der Waals surface area contributed by atoms with E-state index in [1.54, 1.807) is 0 Å². The summed E-state index contributed by atoms with van der Waals surface area (Å²) in [5, 5.41) is 0. The number of benzene rings is 2. The summed E-state index contributed by atoms with van der Waals surface area (Å²) in [6.07, 6.45) is 5.51. The average Bonchev–Trinajstić information content (AvgIpc) is 2.82. The quantitative estimate of drug-likeness (QED) is 0.693. The predicted octanol–water partition coefficient (Wildman–Crippen LogP) is 5.20. The van der Waals surface area contributed by atoms with Crippen molar-refractivity contribution in [3.05, 3.63) is 101 Å². The first-order chi connectivity index (χ1) is 9.77. The molecule has 2 aromatic carbocycles. The van der Waals surface area contributed by atoms with Crippen molar-refractivity contribution in [3.63, 3.8) is 0 Å². The van der Waals surface area contributed by atoms with Gasteiger partial charge in [0.2, 0.25) is 0 Å². The minimum absolute atomic E-state index is 1.21. The van der Waals surface area contributed by atoms with Gasteiger partial charge >= 0.3 is 0 Å². The van der Waals surface area contributed by atoms with E-state index in [2.05, 4.69) is 86.7 Å². The first kappa shape index (κ1) is 12.7. The molecule has 1 radical (unpaired) electrons. The third-order valence-corrected chi connectivity index (χ3v) is 3.77. The molecule has 2 aromatic rings. The number of hydrogen-bond acceptors (Lipinski definition) is 0. The number of rotatable bonds is 2. The Labute approximate surface area is 120 Å². The Morgan fingerprint density at radius 1 is 0.750 bits per heavy atom. The topological polar surface area (TPSA) is 0 Å². The third kappa shape index (κ3) is 2.25. The highest BCUT2D eigenvalue weighted by Gasteiger charge is 2.15. The van der Waals surface area contributed by atoms with Gasteiger partial charge in [0, 0.05) is 0 Å². The van der Waals surface area contributed by atoms with Crippen LogP contribution in [0.25, 0.3) is 5.57 Å². The fraction of sp³-hybridized carbons (Fsp3) is 0.100. The molecule has 1 aliphatic carbocycles. The summed E-state index contributed by atoms with van der Waals surface area (Å²) in [7, 11) is 0. The molecular weight excluding hydrogens is 240 g/mol. The van der Waals surface area contributed by atoms with Gasteiger partial charge in [-0.2, -0.15) is 0 Å². The number of allylic oxidation sites excluding steroid dienone is 5. The molecule has 0 nitrogen and oxygen atoms in total. The molecular formula is C20H17. The normalized spacial score (nSPS) is 14.0. The van der Waals surface area contributed by atoms with Crippen LogP contribution in [0.2, 0.25) is 0 Å². The van der Waals surface area contributed by atoms with Crippen molar-refractivity contribution in [3.8, 4) is 0 Å². The molecule has 0 aliphatic heterocycles. The molecule has 20 heavy (non-hydrogen) atoms. The lowest BCUT2D eigenvalue weighted by atomic mass is 9.91. The Kier molecular flexibility index (Phi) is 3.39. The van der Waals surface area contributed by atoms with Gasteiger partial charge in [-0.25, -0.2) is 0 Å². The second kappa shape index (κ2) is 5.34. The van der Waals surface area contributed by atoms with Gasteiger partial charge in [0.25, 0.3) is 0 Å². The highest BCUT2D eigenvalue weighted by Crippen LogP contribution is 2.34. The summed E-state index contributed by atoms with van der Waals surface area (Å²) in [4.78, 5) is 0. The maximum absolute atomic E-state index is 3.43. The van der Waals surface area contributed by atoms with E-state index in [1.165, 1.54) is 33.4 Å². The monoisotopic (exact) mass is 257 g/mol. The third-order valence-electron chi connectivity index (χ3n) is 3.77. The Morgan fingerprint density at radius 2 is 1.25 bits per heavy atom. The summed E-state index contributed by atoms with van der Waals surface area (Å²) < 4.78 is 0. The van der Waals surface area contributed by atoms with Crippen LogP contribution < -0.4 is 0 Å². The van der Waals surface area contributed by atoms with E-state index >= 15 is 0 Å². The Bertz CT molecular complexity index is 657. The van der Waals surface area contributed by atoms with Crippen molar-refractivity contribution < 1.29 is 0 Å². The molecule has 0 saturated heterocycles. The summed E-state index contributed by atoms with van der Waals surface area (Å²) in [5.74, 6) is 0. The smallest absolute Gasteiger partial charge is 0.00299 e. The summed E-state index contributed by atoms with van der Waals surface area (Å²) in [6.45, 7) is 4.32. The lowest BCUT2D eigenvalue weighted by Crippen LogP contribution is -1.93. The largest absolute Gasteiger partial charge is 0.0622 e. The Hall–Kier alpha value is -2.34. The van der Waals surface area contributed by atoms with Crippen LogP contribution in [0.15, 0.2) is 83.5 Å². The molecule has 97 valence electrons. The van der Waals surface area contributed by atoms with Crippen LogP contribution in [0.3, 0.4) is 0 Å². The molecule has 0 amide bonds. The lowest BCUT2D eigenvalue weighted by Gasteiger charge is -2.13. The predicted molar refractivity (Wildman–Crippen MR) is 85.1 cm³/mol. The lowest BCUT2D eigenvalue weighted by molar-refractivity contribution is 1.37. The molecule has 1 aliphatic rings. The van der Waals surface area contributed by atoms with Crippen molar-refractivity contribution >= 4 is 5.57 Å². The zero-order chi connectivity index (χ0) is 13.9. The molecule has 0 fully saturated rings. The number of hydrogen-bond donors (Lipinski definition) is 0. The molecule has 0 unspecified atom stereocenters. The molecule has 0 heteroatoms. The summed E-state index contributed by atoms with van der Waals surface area (Å²) in [5.41, 5.74) is 7.56. The van der Waals surface area contributed by atoms with Crippen molar-refractivity contribution in [2.75, 3.05) is 0 Å². The van der Waals surface area contributed by atoms with E-state index in [0.29, 0.717) is 0 Å². The van der Waals surface area contributed by atoms with Gasteiger partial charge in [-0.15, -0.1) is 0 Å². The first-order valence-electron chi connectivity index (χ1n) is 6.90. The van der Waals surface area contributed by atoms with Crippen LogP contribution in [0.1, 0.15) is 25.0 Å². The van der Waals surface area contributed by atoms with Gasteiger partial charge in [-0.1, -0.05) is 66.7 Å². The van der Waals surface area contributed by atoms with Gasteiger partial charge < -0.3 is 0 Å². The molecule has 0 bridgehead atoms. The first-order valence-corrected chi connectivity index (χ1v) is 6.90. The van der Waals surface area contributed by atoms with E-state index in [0.717, 1.165) is 0 Å². The van der Waals surface area contributed by atoms with Crippen LogP contribution in [-0.4, -0.2) is 0 Å². The molecule has 0 atom stereocenters. The molecule has 0 aromatic heterocycles. The van der Waals surface area contributed by atoms with E-state index in [4.69, 9.17) is 0 Å². The maximum atomic E-state index is 3.43. The minimum Gasteiger partial charge on any atom is -0.0622 e. The summed E-state index contributed by atoms with van der Waals surface area (Å²) >= 11 is 0. The Morgan fingerprint density at radius 3 is 1.65 bits per heavy atom. The summed E-state index contributed by atoms with van der Waals surface area (Å²) in [6, 6.07) is 21.1. The fourth-order valence-electron chi connectivity index (χ4n) is 2.52. The second-order valence-corrected chi connectivity index (χ2v) is 5.08. The zero-order valence-electron chi connectivity index (χ0n) is 11.9. The van der Waals surface area contributed by atoms with Crippen molar-refractivity contribution in [1.82, 2.24) is 0 Å². The minimum atomic E-state index is 1.21. The molecule has 0 heterocycles.